The molecule has 2 aromatic heterocycles. The Morgan fingerprint density at radius 2 is 2.00 bits per heavy atom. The normalized spacial score (nSPS) is 10.7. The quantitative estimate of drug-likeness (QED) is 0.748. The van der Waals surface area contributed by atoms with Gasteiger partial charge in [0, 0.05) is 12.6 Å². The lowest BCUT2D eigenvalue weighted by atomic mass is 10.3. The second-order valence-electron chi connectivity index (χ2n) is 3.56. The van der Waals surface area contributed by atoms with E-state index in [-0.39, 0.29) is 0 Å². The summed E-state index contributed by atoms with van der Waals surface area (Å²) in [4.78, 5) is 8.85. The van der Waals surface area contributed by atoms with E-state index in [0.717, 1.165) is 27.0 Å². The lowest BCUT2D eigenvalue weighted by molar-refractivity contribution is 0.549. The Balaban J connectivity index is 2.51. The molecule has 4 nitrogen and oxygen atoms in total. The third-order valence-corrected chi connectivity index (χ3v) is 4.89. The highest BCUT2D eigenvalue weighted by atomic mass is 79.9. The maximum atomic E-state index is 5.53. The fourth-order valence-corrected chi connectivity index (χ4v) is 2.31. The highest BCUT2D eigenvalue weighted by Crippen LogP contribution is 2.33. The van der Waals surface area contributed by atoms with Gasteiger partial charge >= 0.3 is 0 Å². The minimum atomic E-state index is 0.554. The smallest absolute Gasteiger partial charge is 0.198 e. The molecular weight excluding hydrogens is 430 g/mol. The minimum absolute atomic E-state index is 0.554. The Bertz CT molecular complexity index is 564. The van der Waals surface area contributed by atoms with Crippen molar-refractivity contribution in [2.75, 3.05) is 11.9 Å². The summed E-state index contributed by atoms with van der Waals surface area (Å²) in [5.41, 5.74) is 0.861. The van der Waals surface area contributed by atoms with E-state index < -0.39 is 0 Å². The number of rotatable bonds is 3. The van der Waals surface area contributed by atoms with Crippen molar-refractivity contribution in [2.24, 2.45) is 0 Å². The first-order valence-electron chi connectivity index (χ1n) is 5.26. The number of aryl methyl sites for hydroxylation is 1. The molecule has 0 aliphatic heterocycles. The van der Waals surface area contributed by atoms with E-state index in [1.54, 1.807) is 0 Å². The van der Waals surface area contributed by atoms with Crippen molar-refractivity contribution >= 4 is 53.6 Å². The van der Waals surface area contributed by atoms with Crippen LogP contribution in [-0.4, -0.2) is 16.5 Å². The van der Waals surface area contributed by atoms with Gasteiger partial charge in [0.05, 0.1) is 14.6 Å². The second-order valence-corrected chi connectivity index (χ2v) is 5.93. The maximum absolute atomic E-state index is 5.53. The summed E-state index contributed by atoms with van der Waals surface area (Å²) < 4.78 is 7.87. The first kappa shape index (κ1) is 14.0. The van der Waals surface area contributed by atoms with Gasteiger partial charge in [-0.25, -0.2) is 9.97 Å². The first-order chi connectivity index (χ1) is 8.52. The van der Waals surface area contributed by atoms with E-state index in [9.17, 15) is 0 Å². The van der Waals surface area contributed by atoms with Gasteiger partial charge in [0.25, 0.3) is 0 Å². The molecule has 0 radical (unpaired) electrons. The molecular formula is C11H10Br3N3O. The number of hydrogen-bond acceptors (Lipinski definition) is 4. The maximum Gasteiger partial charge on any atom is 0.198 e. The molecule has 2 aromatic rings. The van der Waals surface area contributed by atoms with Gasteiger partial charge in [-0.2, -0.15) is 0 Å². The van der Waals surface area contributed by atoms with Crippen LogP contribution in [0.5, 0.6) is 0 Å². The monoisotopic (exact) mass is 437 g/mol. The minimum Gasteiger partial charge on any atom is -0.445 e. The fraction of sp³-hybridized carbons (Fsp3) is 0.273. The van der Waals surface area contributed by atoms with Crippen molar-refractivity contribution in [1.29, 1.82) is 0 Å². The van der Waals surface area contributed by atoms with Crippen molar-refractivity contribution < 1.29 is 4.42 Å². The highest BCUT2D eigenvalue weighted by molar-refractivity contribution is 9.13. The average Bonchev–Trinajstić information content (AvgIpc) is 2.65. The highest BCUT2D eigenvalue weighted by Gasteiger charge is 2.15. The SMILES string of the molecule is CCNc1nc(-c2cc(Br)c(Br)o2)nc(C)c1Br. The zero-order chi connectivity index (χ0) is 13.3. The van der Waals surface area contributed by atoms with Crippen LogP contribution in [0, 0.1) is 6.92 Å². The number of anilines is 1. The Kier molecular flexibility index (Phi) is 4.45. The lowest BCUT2D eigenvalue weighted by Crippen LogP contribution is -2.04. The van der Waals surface area contributed by atoms with Crippen LogP contribution in [0.25, 0.3) is 11.6 Å². The van der Waals surface area contributed by atoms with Crippen LogP contribution in [0.4, 0.5) is 5.82 Å². The standard InChI is InChI=1S/C11H10Br3N3O/c1-3-15-11-8(13)5(2)16-10(17-11)7-4-6(12)9(14)18-7/h4H,3H2,1-2H3,(H,15,16,17). The average molecular weight is 440 g/mol. The van der Waals surface area contributed by atoms with E-state index in [4.69, 9.17) is 4.42 Å². The van der Waals surface area contributed by atoms with Crippen LogP contribution < -0.4 is 5.32 Å². The van der Waals surface area contributed by atoms with Gasteiger partial charge in [-0.3, -0.25) is 0 Å². The summed E-state index contributed by atoms with van der Waals surface area (Å²) in [7, 11) is 0. The lowest BCUT2D eigenvalue weighted by Gasteiger charge is -2.08. The van der Waals surface area contributed by atoms with Gasteiger partial charge < -0.3 is 9.73 Å². The van der Waals surface area contributed by atoms with Gasteiger partial charge in [-0.05, 0) is 61.6 Å². The Hall–Kier alpha value is -0.400. The van der Waals surface area contributed by atoms with Crippen LogP contribution in [0.15, 0.2) is 24.1 Å². The van der Waals surface area contributed by atoms with Crippen molar-refractivity contribution in [2.45, 2.75) is 13.8 Å². The Morgan fingerprint density at radius 1 is 1.28 bits per heavy atom. The topological polar surface area (TPSA) is 51.0 Å². The summed E-state index contributed by atoms with van der Waals surface area (Å²) in [5.74, 6) is 1.94. The third-order valence-electron chi connectivity index (χ3n) is 2.23. The molecule has 0 saturated carbocycles. The van der Waals surface area contributed by atoms with E-state index in [0.29, 0.717) is 16.3 Å². The predicted molar refractivity (Wildman–Crippen MR) is 81.7 cm³/mol. The van der Waals surface area contributed by atoms with Crippen LogP contribution in [-0.2, 0) is 0 Å². The molecule has 96 valence electrons. The first-order valence-corrected chi connectivity index (χ1v) is 7.64. The molecule has 0 atom stereocenters. The Morgan fingerprint density at radius 3 is 2.56 bits per heavy atom. The van der Waals surface area contributed by atoms with Gasteiger partial charge in [0.2, 0.25) is 0 Å². The van der Waals surface area contributed by atoms with E-state index in [1.165, 1.54) is 0 Å². The fourth-order valence-electron chi connectivity index (χ4n) is 1.41. The van der Waals surface area contributed by atoms with Crippen LogP contribution in [0.2, 0.25) is 0 Å². The molecule has 2 heterocycles. The molecule has 0 aliphatic carbocycles. The number of halogens is 3. The number of aromatic nitrogens is 2. The molecule has 0 bridgehead atoms. The van der Waals surface area contributed by atoms with Gasteiger partial charge in [0.1, 0.15) is 5.82 Å². The summed E-state index contributed by atoms with van der Waals surface area (Å²) in [6.45, 7) is 4.73. The molecule has 0 unspecified atom stereocenters. The molecule has 0 saturated heterocycles. The summed E-state index contributed by atoms with van der Waals surface area (Å²) in [6, 6.07) is 1.84. The summed E-state index contributed by atoms with van der Waals surface area (Å²) >= 11 is 10.1. The molecule has 0 aromatic carbocycles. The van der Waals surface area contributed by atoms with Crippen molar-refractivity contribution in [3.63, 3.8) is 0 Å². The zero-order valence-electron chi connectivity index (χ0n) is 9.72. The molecule has 0 amide bonds. The molecule has 2 rings (SSSR count). The number of nitrogens with zero attached hydrogens (tertiary/aromatic N) is 2. The van der Waals surface area contributed by atoms with Crippen molar-refractivity contribution in [3.8, 4) is 11.6 Å². The van der Waals surface area contributed by atoms with Crippen LogP contribution in [0.1, 0.15) is 12.6 Å². The van der Waals surface area contributed by atoms with Gasteiger partial charge in [0.15, 0.2) is 16.3 Å². The van der Waals surface area contributed by atoms with E-state index in [1.807, 2.05) is 19.9 Å². The summed E-state index contributed by atoms with van der Waals surface area (Å²) in [5, 5.41) is 3.19. The van der Waals surface area contributed by atoms with E-state index >= 15 is 0 Å². The van der Waals surface area contributed by atoms with E-state index in [2.05, 4.69) is 63.1 Å². The van der Waals surface area contributed by atoms with Crippen molar-refractivity contribution in [3.05, 3.63) is 25.4 Å². The third kappa shape index (κ3) is 2.78. The molecule has 0 aliphatic rings. The Labute approximate surface area is 130 Å². The van der Waals surface area contributed by atoms with Gasteiger partial charge in [-0.15, -0.1) is 0 Å². The van der Waals surface area contributed by atoms with Crippen LogP contribution >= 0.6 is 47.8 Å². The zero-order valence-corrected chi connectivity index (χ0v) is 14.5. The predicted octanol–water partition coefficient (Wildman–Crippen LogP) is 4.76. The van der Waals surface area contributed by atoms with Crippen LogP contribution in [0.3, 0.4) is 0 Å². The largest absolute Gasteiger partial charge is 0.445 e. The van der Waals surface area contributed by atoms with Crippen molar-refractivity contribution in [1.82, 2.24) is 9.97 Å². The second kappa shape index (κ2) is 5.71. The summed E-state index contributed by atoms with van der Waals surface area (Å²) in [6.07, 6.45) is 0. The number of hydrogen-bond donors (Lipinski definition) is 1. The van der Waals surface area contributed by atoms with Gasteiger partial charge in [-0.1, -0.05) is 0 Å². The number of nitrogens with one attached hydrogen (secondary N) is 1. The molecule has 7 heteroatoms. The molecule has 1 N–H and O–H groups in total. The molecule has 0 spiro atoms. The molecule has 18 heavy (non-hydrogen) atoms. The number of furan rings is 1. The molecule has 0 fully saturated rings.